The van der Waals surface area contributed by atoms with Crippen molar-refractivity contribution in [2.45, 2.75) is 0 Å². The number of hydrogen-bond acceptors (Lipinski definition) is 7. The zero-order valence-corrected chi connectivity index (χ0v) is 14.5. The Labute approximate surface area is 147 Å². The minimum Gasteiger partial charge on any atom is -0.493 e. The topological polar surface area (TPSA) is 81.0 Å². The fraction of sp³-hybridized carbons (Fsp3) is 0.444. The lowest BCUT2D eigenvalue weighted by molar-refractivity contribution is -0.135. The average molecular weight is 346 g/mol. The van der Waals surface area contributed by atoms with E-state index in [4.69, 9.17) is 19.5 Å². The highest BCUT2D eigenvalue weighted by molar-refractivity contribution is 5.97. The van der Waals surface area contributed by atoms with Crippen molar-refractivity contribution < 1.29 is 23.7 Å². The van der Waals surface area contributed by atoms with Gasteiger partial charge < -0.3 is 18.9 Å². The van der Waals surface area contributed by atoms with Crippen LogP contribution in [0.3, 0.4) is 0 Å². The molecule has 1 aromatic rings. The molecule has 134 valence electrons. The third-order valence-corrected chi connectivity index (χ3v) is 3.79. The zero-order chi connectivity index (χ0) is 18.1. The number of esters is 1. The Kier molecular flexibility index (Phi) is 7.26. The lowest BCUT2D eigenvalue weighted by Gasteiger charge is -2.26. The third kappa shape index (κ3) is 5.48. The van der Waals surface area contributed by atoms with Gasteiger partial charge in [0.25, 0.3) is 0 Å². The molecule has 0 atom stereocenters. The number of ether oxygens (including phenoxy) is 4. The van der Waals surface area contributed by atoms with Crippen molar-refractivity contribution in [1.29, 1.82) is 5.26 Å². The maximum Gasteiger partial charge on any atom is 0.348 e. The summed E-state index contributed by atoms with van der Waals surface area (Å²) in [5.74, 6) is 0.481. The summed E-state index contributed by atoms with van der Waals surface area (Å²) < 4.78 is 21.0. The van der Waals surface area contributed by atoms with Crippen molar-refractivity contribution >= 4 is 12.0 Å². The van der Waals surface area contributed by atoms with E-state index in [0.717, 1.165) is 32.8 Å². The summed E-state index contributed by atoms with van der Waals surface area (Å²) >= 11 is 0. The molecular formula is C18H22N2O5. The highest BCUT2D eigenvalue weighted by atomic mass is 16.5. The maximum absolute atomic E-state index is 11.5. The smallest absolute Gasteiger partial charge is 0.348 e. The molecule has 0 aromatic heterocycles. The van der Waals surface area contributed by atoms with Crippen molar-refractivity contribution in [3.05, 3.63) is 29.3 Å². The Morgan fingerprint density at radius 1 is 1.32 bits per heavy atom. The minimum absolute atomic E-state index is 0.0782. The van der Waals surface area contributed by atoms with Crippen molar-refractivity contribution in [2.75, 3.05) is 53.7 Å². The zero-order valence-electron chi connectivity index (χ0n) is 14.5. The summed E-state index contributed by atoms with van der Waals surface area (Å²) in [4.78, 5) is 13.8. The van der Waals surface area contributed by atoms with Crippen LogP contribution in [0.25, 0.3) is 6.08 Å². The first-order valence-electron chi connectivity index (χ1n) is 7.99. The Morgan fingerprint density at radius 2 is 2.08 bits per heavy atom. The number of carbonyl (C=O) groups is 1. The van der Waals surface area contributed by atoms with Crippen molar-refractivity contribution in [1.82, 2.24) is 4.90 Å². The predicted octanol–water partition coefficient (Wildman–Crippen LogP) is 1.49. The van der Waals surface area contributed by atoms with E-state index in [1.807, 2.05) is 6.07 Å². The normalized spacial score (nSPS) is 15.3. The summed E-state index contributed by atoms with van der Waals surface area (Å²) in [7, 11) is 2.78. The highest BCUT2D eigenvalue weighted by Gasteiger charge is 2.12. The number of nitriles is 1. The van der Waals surface area contributed by atoms with Crippen LogP contribution in [0.2, 0.25) is 0 Å². The van der Waals surface area contributed by atoms with Gasteiger partial charge in [-0.25, -0.2) is 4.79 Å². The number of methoxy groups -OCH3 is 2. The fourth-order valence-electron chi connectivity index (χ4n) is 2.42. The summed E-state index contributed by atoms with van der Waals surface area (Å²) in [6.45, 7) is 4.69. The number of nitrogens with zero attached hydrogens (tertiary/aromatic N) is 2. The van der Waals surface area contributed by atoms with Gasteiger partial charge in [0.05, 0.1) is 27.4 Å². The van der Waals surface area contributed by atoms with E-state index in [1.165, 1.54) is 13.2 Å². The van der Waals surface area contributed by atoms with E-state index in [0.29, 0.717) is 23.7 Å². The van der Waals surface area contributed by atoms with Gasteiger partial charge in [-0.2, -0.15) is 5.26 Å². The molecule has 0 radical (unpaired) electrons. The molecule has 0 bridgehead atoms. The molecule has 2 rings (SSSR count). The van der Waals surface area contributed by atoms with Crippen LogP contribution in [-0.4, -0.2) is 64.5 Å². The third-order valence-electron chi connectivity index (χ3n) is 3.79. The van der Waals surface area contributed by atoms with Crippen LogP contribution in [0.4, 0.5) is 0 Å². The second kappa shape index (κ2) is 9.67. The quantitative estimate of drug-likeness (QED) is 0.420. The molecule has 25 heavy (non-hydrogen) atoms. The first-order valence-corrected chi connectivity index (χ1v) is 7.99. The van der Waals surface area contributed by atoms with Gasteiger partial charge in [0.2, 0.25) is 0 Å². The predicted molar refractivity (Wildman–Crippen MR) is 91.4 cm³/mol. The van der Waals surface area contributed by atoms with E-state index in [9.17, 15) is 4.79 Å². The molecule has 1 aromatic carbocycles. The van der Waals surface area contributed by atoms with E-state index < -0.39 is 5.97 Å². The molecule has 0 N–H and O–H groups in total. The molecular weight excluding hydrogens is 324 g/mol. The molecule has 0 saturated carbocycles. The first kappa shape index (κ1) is 18.8. The van der Waals surface area contributed by atoms with Crippen LogP contribution in [0.1, 0.15) is 5.56 Å². The summed E-state index contributed by atoms with van der Waals surface area (Å²) in [5.41, 5.74) is 0.574. The lowest BCUT2D eigenvalue weighted by atomic mass is 10.1. The summed E-state index contributed by atoms with van der Waals surface area (Å²) in [5, 5.41) is 9.02. The second-order valence-electron chi connectivity index (χ2n) is 5.37. The molecule has 1 saturated heterocycles. The number of carbonyl (C=O) groups excluding carboxylic acids is 1. The molecule has 1 aliphatic heterocycles. The van der Waals surface area contributed by atoms with Crippen LogP contribution in [0, 0.1) is 11.3 Å². The van der Waals surface area contributed by atoms with E-state index in [1.54, 1.807) is 25.3 Å². The lowest BCUT2D eigenvalue weighted by Crippen LogP contribution is -2.38. The standard InChI is InChI=1S/C18H22N2O5/c1-22-17-12-14(11-15(13-19)18(21)23-2)3-4-16(17)25-10-7-20-5-8-24-9-6-20/h3-4,11-12H,5-10H2,1-2H3/b15-11-. The van der Waals surface area contributed by atoms with Gasteiger partial charge in [0.1, 0.15) is 18.2 Å². The van der Waals surface area contributed by atoms with E-state index in [2.05, 4.69) is 9.64 Å². The van der Waals surface area contributed by atoms with Crippen molar-refractivity contribution in [2.24, 2.45) is 0 Å². The Morgan fingerprint density at radius 3 is 2.72 bits per heavy atom. The molecule has 1 heterocycles. The van der Waals surface area contributed by atoms with Crippen LogP contribution in [0.15, 0.2) is 23.8 Å². The molecule has 7 nitrogen and oxygen atoms in total. The van der Waals surface area contributed by atoms with Gasteiger partial charge in [-0.3, -0.25) is 4.90 Å². The number of benzene rings is 1. The molecule has 7 heteroatoms. The van der Waals surface area contributed by atoms with Crippen LogP contribution in [-0.2, 0) is 14.3 Å². The van der Waals surface area contributed by atoms with Crippen molar-refractivity contribution in [3.63, 3.8) is 0 Å². The van der Waals surface area contributed by atoms with Crippen LogP contribution < -0.4 is 9.47 Å². The maximum atomic E-state index is 11.5. The monoisotopic (exact) mass is 346 g/mol. The Bertz CT molecular complexity index is 660. The van der Waals surface area contributed by atoms with Crippen molar-refractivity contribution in [3.8, 4) is 17.6 Å². The van der Waals surface area contributed by atoms with E-state index in [-0.39, 0.29) is 5.57 Å². The van der Waals surface area contributed by atoms with Gasteiger partial charge in [-0.15, -0.1) is 0 Å². The average Bonchev–Trinajstić information content (AvgIpc) is 2.67. The Balaban J connectivity index is 2.02. The SMILES string of the molecule is COC(=O)/C(C#N)=C\c1ccc(OCCN2CCOCC2)c(OC)c1. The van der Waals surface area contributed by atoms with Gasteiger partial charge >= 0.3 is 5.97 Å². The number of hydrogen-bond donors (Lipinski definition) is 0. The summed E-state index contributed by atoms with van der Waals surface area (Å²) in [6, 6.07) is 7.05. The molecule has 0 spiro atoms. The number of morpholine rings is 1. The summed E-state index contributed by atoms with van der Waals surface area (Å²) in [6.07, 6.45) is 1.45. The molecule has 0 amide bonds. The van der Waals surface area contributed by atoms with Gasteiger partial charge in [0, 0.05) is 19.6 Å². The van der Waals surface area contributed by atoms with Crippen LogP contribution in [0.5, 0.6) is 11.5 Å². The Hall–Kier alpha value is -2.56. The van der Waals surface area contributed by atoms with Gasteiger partial charge in [-0.05, 0) is 23.8 Å². The van der Waals surface area contributed by atoms with Gasteiger partial charge in [-0.1, -0.05) is 6.07 Å². The fourth-order valence-corrected chi connectivity index (χ4v) is 2.42. The number of rotatable bonds is 7. The van der Waals surface area contributed by atoms with E-state index >= 15 is 0 Å². The van der Waals surface area contributed by atoms with Gasteiger partial charge in [0.15, 0.2) is 11.5 Å². The highest BCUT2D eigenvalue weighted by Crippen LogP contribution is 2.29. The molecule has 1 aliphatic rings. The first-order chi connectivity index (χ1) is 12.2. The molecule has 1 fully saturated rings. The molecule has 0 unspecified atom stereocenters. The second-order valence-corrected chi connectivity index (χ2v) is 5.37. The molecule has 0 aliphatic carbocycles. The minimum atomic E-state index is -0.674. The largest absolute Gasteiger partial charge is 0.493 e. The van der Waals surface area contributed by atoms with Crippen LogP contribution >= 0.6 is 0 Å².